The van der Waals surface area contributed by atoms with Crippen molar-refractivity contribution in [1.29, 1.82) is 0 Å². The van der Waals surface area contributed by atoms with Crippen LogP contribution in [0.25, 0.3) is 0 Å². The topological polar surface area (TPSA) is 41.5 Å². The summed E-state index contributed by atoms with van der Waals surface area (Å²) < 4.78 is 0. The first-order valence-electron chi connectivity index (χ1n) is 6.26. The van der Waals surface area contributed by atoms with Crippen LogP contribution in [0.1, 0.15) is 43.0 Å². The summed E-state index contributed by atoms with van der Waals surface area (Å²) in [5.74, 6) is 0.566. The minimum atomic E-state index is -0.205. The zero-order valence-electron chi connectivity index (χ0n) is 10.4. The first-order valence-corrected chi connectivity index (χ1v) is 6.64. The fourth-order valence-corrected chi connectivity index (χ4v) is 2.22. The number of amides is 1. The monoisotopic (exact) mass is 264 g/mol. The van der Waals surface area contributed by atoms with Crippen molar-refractivity contribution in [2.45, 2.75) is 32.6 Å². The normalized spacial score (nSPS) is 19.4. The van der Waals surface area contributed by atoms with Gasteiger partial charge in [0.25, 0.3) is 5.91 Å². The summed E-state index contributed by atoms with van der Waals surface area (Å²) in [6.07, 6.45) is 4.28. The van der Waals surface area contributed by atoms with Gasteiger partial charge in [-0.25, -0.2) is 5.43 Å². The molecular weight excluding hydrogens is 248 g/mol. The molecule has 18 heavy (non-hydrogen) atoms. The van der Waals surface area contributed by atoms with E-state index in [-0.39, 0.29) is 5.91 Å². The molecule has 1 aromatic carbocycles. The van der Waals surface area contributed by atoms with Gasteiger partial charge in [-0.3, -0.25) is 4.79 Å². The van der Waals surface area contributed by atoms with Crippen LogP contribution in [-0.4, -0.2) is 11.6 Å². The molecule has 1 aliphatic rings. The molecule has 1 N–H and O–H groups in total. The molecule has 0 aliphatic heterocycles. The van der Waals surface area contributed by atoms with E-state index in [2.05, 4.69) is 17.5 Å². The van der Waals surface area contributed by atoms with Crippen molar-refractivity contribution >= 4 is 23.2 Å². The second-order valence-corrected chi connectivity index (χ2v) is 5.25. The van der Waals surface area contributed by atoms with Gasteiger partial charge in [0, 0.05) is 16.3 Å². The number of halogens is 1. The molecule has 96 valence electrons. The Morgan fingerprint density at radius 2 is 2.11 bits per heavy atom. The van der Waals surface area contributed by atoms with Crippen molar-refractivity contribution < 1.29 is 4.79 Å². The van der Waals surface area contributed by atoms with Crippen LogP contribution in [0.5, 0.6) is 0 Å². The molecule has 1 aromatic rings. The van der Waals surface area contributed by atoms with Crippen LogP contribution in [0.2, 0.25) is 5.02 Å². The molecule has 1 amide bonds. The van der Waals surface area contributed by atoms with Crippen LogP contribution in [0, 0.1) is 5.92 Å². The summed E-state index contributed by atoms with van der Waals surface area (Å²) in [6, 6.07) is 6.86. The molecule has 0 radical (unpaired) electrons. The van der Waals surface area contributed by atoms with Gasteiger partial charge in [-0.2, -0.15) is 5.10 Å². The molecule has 0 saturated heterocycles. The minimum absolute atomic E-state index is 0.205. The van der Waals surface area contributed by atoms with E-state index in [0.29, 0.717) is 10.6 Å². The molecule has 0 bridgehead atoms. The molecular formula is C14H17ClN2O. The van der Waals surface area contributed by atoms with E-state index in [1.54, 1.807) is 24.3 Å². The van der Waals surface area contributed by atoms with E-state index in [1.165, 1.54) is 0 Å². The van der Waals surface area contributed by atoms with Gasteiger partial charge in [-0.05, 0) is 49.8 Å². The zero-order valence-corrected chi connectivity index (χ0v) is 11.2. The van der Waals surface area contributed by atoms with Crippen LogP contribution in [0.3, 0.4) is 0 Å². The summed E-state index contributed by atoms with van der Waals surface area (Å²) in [5, 5.41) is 4.75. The lowest BCUT2D eigenvalue weighted by Crippen LogP contribution is -2.21. The van der Waals surface area contributed by atoms with Crippen molar-refractivity contribution in [3.05, 3.63) is 34.9 Å². The summed E-state index contributed by atoms with van der Waals surface area (Å²) in [4.78, 5) is 11.8. The number of nitrogens with zero attached hydrogens (tertiary/aromatic N) is 1. The van der Waals surface area contributed by atoms with E-state index < -0.39 is 0 Å². The Morgan fingerprint density at radius 3 is 2.78 bits per heavy atom. The highest BCUT2D eigenvalue weighted by Crippen LogP contribution is 2.21. The fourth-order valence-electron chi connectivity index (χ4n) is 2.03. The maximum atomic E-state index is 11.8. The first-order chi connectivity index (χ1) is 8.65. The van der Waals surface area contributed by atoms with Gasteiger partial charge in [0.2, 0.25) is 0 Å². The lowest BCUT2D eigenvalue weighted by Gasteiger charge is -2.18. The van der Waals surface area contributed by atoms with Crippen molar-refractivity contribution in [2.24, 2.45) is 11.0 Å². The van der Waals surface area contributed by atoms with Crippen LogP contribution in [0.15, 0.2) is 29.4 Å². The van der Waals surface area contributed by atoms with Crippen molar-refractivity contribution in [3.63, 3.8) is 0 Å². The number of hydrogen-bond donors (Lipinski definition) is 1. The standard InChI is InChI=1S/C14H17ClN2O/c1-10-5-7-13(8-6-10)16-17-14(18)11-3-2-4-12(15)9-11/h2-4,9-10H,5-8H2,1H3,(H,17,18). The molecule has 1 fully saturated rings. The van der Waals surface area contributed by atoms with Gasteiger partial charge < -0.3 is 0 Å². The maximum absolute atomic E-state index is 11.8. The Hall–Kier alpha value is -1.35. The fraction of sp³-hybridized carbons (Fsp3) is 0.429. The number of hydrogen-bond acceptors (Lipinski definition) is 2. The van der Waals surface area contributed by atoms with E-state index in [0.717, 1.165) is 37.3 Å². The predicted octanol–water partition coefficient (Wildman–Crippen LogP) is 3.64. The highest BCUT2D eigenvalue weighted by atomic mass is 35.5. The summed E-state index contributed by atoms with van der Waals surface area (Å²) in [7, 11) is 0. The van der Waals surface area contributed by atoms with E-state index in [1.807, 2.05) is 0 Å². The van der Waals surface area contributed by atoms with Crippen molar-refractivity contribution in [2.75, 3.05) is 0 Å². The molecule has 1 aliphatic carbocycles. The van der Waals surface area contributed by atoms with Gasteiger partial charge in [-0.1, -0.05) is 24.6 Å². The molecule has 3 nitrogen and oxygen atoms in total. The van der Waals surface area contributed by atoms with Gasteiger partial charge >= 0.3 is 0 Å². The highest BCUT2D eigenvalue weighted by Gasteiger charge is 2.14. The Kier molecular flexibility index (Phi) is 4.37. The van der Waals surface area contributed by atoms with E-state index in [4.69, 9.17) is 11.6 Å². The highest BCUT2D eigenvalue weighted by molar-refractivity contribution is 6.30. The van der Waals surface area contributed by atoms with Gasteiger partial charge in [0.05, 0.1) is 0 Å². The second kappa shape index (κ2) is 6.01. The quantitative estimate of drug-likeness (QED) is 0.814. The zero-order chi connectivity index (χ0) is 13.0. The number of nitrogens with one attached hydrogen (secondary N) is 1. The minimum Gasteiger partial charge on any atom is -0.267 e. The SMILES string of the molecule is CC1CCC(=NNC(=O)c2cccc(Cl)c2)CC1. The third-order valence-corrected chi connectivity index (χ3v) is 3.49. The summed E-state index contributed by atoms with van der Waals surface area (Å²) >= 11 is 5.84. The molecule has 0 spiro atoms. The van der Waals surface area contributed by atoms with Crippen LogP contribution < -0.4 is 5.43 Å². The van der Waals surface area contributed by atoms with Crippen LogP contribution in [-0.2, 0) is 0 Å². The molecule has 2 rings (SSSR count). The number of carbonyl (C=O) groups is 1. The van der Waals surface area contributed by atoms with E-state index in [9.17, 15) is 4.79 Å². The number of carbonyl (C=O) groups excluding carboxylic acids is 1. The lowest BCUT2D eigenvalue weighted by molar-refractivity contribution is 0.0954. The molecule has 0 heterocycles. The molecule has 4 heteroatoms. The number of benzene rings is 1. The van der Waals surface area contributed by atoms with Gasteiger partial charge in [0.15, 0.2) is 0 Å². The molecule has 0 unspecified atom stereocenters. The van der Waals surface area contributed by atoms with Crippen LogP contribution in [0.4, 0.5) is 0 Å². The van der Waals surface area contributed by atoms with Crippen molar-refractivity contribution in [1.82, 2.24) is 5.43 Å². The number of hydrazone groups is 1. The van der Waals surface area contributed by atoms with Gasteiger partial charge in [-0.15, -0.1) is 0 Å². The van der Waals surface area contributed by atoms with Gasteiger partial charge in [0.1, 0.15) is 0 Å². The largest absolute Gasteiger partial charge is 0.271 e. The Balaban J connectivity index is 1.94. The average molecular weight is 265 g/mol. The second-order valence-electron chi connectivity index (χ2n) is 4.81. The average Bonchev–Trinajstić information content (AvgIpc) is 2.38. The molecule has 0 atom stereocenters. The maximum Gasteiger partial charge on any atom is 0.271 e. The Bertz CT molecular complexity index is 461. The molecule has 1 saturated carbocycles. The predicted molar refractivity (Wildman–Crippen MR) is 74.0 cm³/mol. The third-order valence-electron chi connectivity index (χ3n) is 3.25. The Morgan fingerprint density at radius 1 is 1.39 bits per heavy atom. The Labute approximate surface area is 112 Å². The molecule has 0 aromatic heterocycles. The summed E-state index contributed by atoms with van der Waals surface area (Å²) in [5.41, 5.74) is 4.23. The lowest BCUT2D eigenvalue weighted by atomic mass is 9.90. The summed E-state index contributed by atoms with van der Waals surface area (Å²) in [6.45, 7) is 2.25. The first kappa shape index (κ1) is 13.1. The third kappa shape index (κ3) is 3.57. The number of rotatable bonds is 2. The smallest absolute Gasteiger partial charge is 0.267 e. The van der Waals surface area contributed by atoms with E-state index >= 15 is 0 Å². The van der Waals surface area contributed by atoms with Crippen LogP contribution >= 0.6 is 11.6 Å². The van der Waals surface area contributed by atoms with Crippen molar-refractivity contribution in [3.8, 4) is 0 Å².